The molecule has 0 aliphatic carbocycles. The van der Waals surface area contributed by atoms with E-state index in [1.807, 2.05) is 60.7 Å². The minimum absolute atomic E-state index is 0.103. The predicted molar refractivity (Wildman–Crippen MR) is 180 cm³/mol. The average Bonchev–Trinajstić information content (AvgIpc) is 2.97. The molecule has 0 spiro atoms. The SMILES string of the molecule is Cc1cccc(C(C(=O)NC(Cc2ccccc2)C(=O)OC(C)(C)C)N(C)C(=O)C(Cc2ccccc2)NC(=O)OC(C)(C)C)c1O. The Morgan fingerprint density at radius 2 is 1.23 bits per heavy atom. The van der Waals surface area contributed by atoms with Crippen LogP contribution in [0.3, 0.4) is 0 Å². The second kappa shape index (κ2) is 15.6. The van der Waals surface area contributed by atoms with Gasteiger partial charge in [0.15, 0.2) is 0 Å². The second-order valence-corrected chi connectivity index (χ2v) is 13.5. The standard InChI is InChI=1S/C37H47N3O7/c1-24-16-15-21-27(31(24)41)30(32(42)38-29(34(44)46-36(2,3)4)23-26-19-13-10-14-20-26)40(8)33(43)28(22-25-17-11-9-12-18-25)39-35(45)47-37(5,6)7/h9-21,28-30,41H,22-23H2,1-8H3,(H,38,42)(H,39,45). The van der Waals surface area contributed by atoms with Gasteiger partial charge in [0, 0.05) is 25.5 Å². The van der Waals surface area contributed by atoms with Crippen molar-refractivity contribution in [3.05, 3.63) is 101 Å². The van der Waals surface area contributed by atoms with E-state index in [4.69, 9.17) is 9.47 Å². The van der Waals surface area contributed by atoms with Gasteiger partial charge < -0.3 is 30.1 Å². The summed E-state index contributed by atoms with van der Waals surface area (Å²) < 4.78 is 11.1. The first-order chi connectivity index (χ1) is 21.9. The van der Waals surface area contributed by atoms with Crippen LogP contribution in [0.1, 0.15) is 69.8 Å². The maximum Gasteiger partial charge on any atom is 0.408 e. The Labute approximate surface area is 277 Å². The van der Waals surface area contributed by atoms with E-state index in [0.29, 0.717) is 5.56 Å². The Kier molecular flexibility index (Phi) is 12.2. The van der Waals surface area contributed by atoms with Crippen LogP contribution in [0.4, 0.5) is 4.79 Å². The summed E-state index contributed by atoms with van der Waals surface area (Å²) in [5, 5.41) is 16.6. The number of nitrogens with one attached hydrogen (secondary N) is 2. The zero-order valence-electron chi connectivity index (χ0n) is 28.5. The summed E-state index contributed by atoms with van der Waals surface area (Å²) in [4.78, 5) is 56.0. The first-order valence-corrected chi connectivity index (χ1v) is 15.6. The summed E-state index contributed by atoms with van der Waals surface area (Å²) in [5.41, 5.74) is 0.547. The van der Waals surface area contributed by atoms with E-state index in [0.717, 1.165) is 11.1 Å². The Bertz CT molecular complexity index is 1530. The molecule has 3 aromatic carbocycles. The van der Waals surface area contributed by atoms with Gasteiger partial charge in [0.05, 0.1) is 0 Å². The molecule has 10 heteroatoms. The fourth-order valence-electron chi connectivity index (χ4n) is 4.97. The van der Waals surface area contributed by atoms with Gasteiger partial charge in [0.1, 0.15) is 35.1 Å². The number of alkyl carbamates (subject to hydrolysis) is 1. The second-order valence-electron chi connectivity index (χ2n) is 13.5. The molecule has 3 unspecified atom stereocenters. The van der Waals surface area contributed by atoms with Gasteiger partial charge in [-0.05, 0) is 65.2 Å². The van der Waals surface area contributed by atoms with E-state index in [1.54, 1.807) is 66.7 Å². The molecule has 10 nitrogen and oxygen atoms in total. The van der Waals surface area contributed by atoms with Crippen LogP contribution in [0.15, 0.2) is 78.9 Å². The summed E-state index contributed by atoms with van der Waals surface area (Å²) in [7, 11) is 1.42. The Morgan fingerprint density at radius 3 is 1.74 bits per heavy atom. The third kappa shape index (κ3) is 11.2. The molecular weight excluding hydrogens is 598 g/mol. The first-order valence-electron chi connectivity index (χ1n) is 15.6. The third-order valence-corrected chi connectivity index (χ3v) is 7.11. The van der Waals surface area contributed by atoms with Crippen LogP contribution in [0, 0.1) is 6.92 Å². The normalized spacial score (nSPS) is 13.4. The number of phenolic OH excluding ortho intramolecular Hbond substituents is 1. The molecule has 3 rings (SSSR count). The number of para-hydroxylation sites is 1. The van der Waals surface area contributed by atoms with Crippen LogP contribution >= 0.6 is 0 Å². The Morgan fingerprint density at radius 1 is 0.723 bits per heavy atom. The summed E-state index contributed by atoms with van der Waals surface area (Å²) in [6.45, 7) is 12.0. The number of ether oxygens (including phenoxy) is 2. The molecule has 3 N–H and O–H groups in total. The maximum absolute atomic E-state index is 14.3. The summed E-state index contributed by atoms with van der Waals surface area (Å²) in [5.74, 6) is -2.16. The topological polar surface area (TPSA) is 134 Å². The molecule has 3 aromatic rings. The summed E-state index contributed by atoms with van der Waals surface area (Å²) in [6.07, 6.45) is -0.568. The molecule has 0 bridgehead atoms. The molecule has 0 aromatic heterocycles. The molecule has 0 saturated carbocycles. The van der Waals surface area contributed by atoms with Crippen molar-refractivity contribution in [1.82, 2.24) is 15.5 Å². The molecule has 3 atom stereocenters. The summed E-state index contributed by atoms with van der Waals surface area (Å²) >= 11 is 0. The zero-order valence-corrected chi connectivity index (χ0v) is 28.5. The van der Waals surface area contributed by atoms with E-state index in [9.17, 15) is 24.3 Å². The van der Waals surface area contributed by atoms with Crippen molar-refractivity contribution < 1.29 is 33.8 Å². The number of likely N-dealkylation sites (N-methyl/N-ethyl adjacent to an activating group) is 1. The van der Waals surface area contributed by atoms with Gasteiger partial charge in [0.25, 0.3) is 0 Å². The third-order valence-electron chi connectivity index (χ3n) is 7.11. The lowest BCUT2D eigenvalue weighted by Crippen LogP contribution is -2.54. The molecule has 252 valence electrons. The van der Waals surface area contributed by atoms with Crippen molar-refractivity contribution in [1.29, 1.82) is 0 Å². The molecule has 0 fully saturated rings. The number of esters is 1. The molecule has 3 amide bonds. The molecule has 0 saturated heterocycles. The monoisotopic (exact) mass is 645 g/mol. The number of carbonyl (C=O) groups is 4. The molecule has 0 heterocycles. The van der Waals surface area contributed by atoms with Gasteiger partial charge in [-0.25, -0.2) is 9.59 Å². The van der Waals surface area contributed by atoms with E-state index in [1.165, 1.54) is 11.9 Å². The fraction of sp³-hybridized carbons (Fsp3) is 0.405. The Hall–Kier alpha value is -4.86. The van der Waals surface area contributed by atoms with Crippen LogP contribution in [0.25, 0.3) is 0 Å². The predicted octanol–water partition coefficient (Wildman–Crippen LogP) is 5.41. The highest BCUT2D eigenvalue weighted by molar-refractivity contribution is 5.94. The van der Waals surface area contributed by atoms with Crippen molar-refractivity contribution in [3.8, 4) is 5.75 Å². The van der Waals surface area contributed by atoms with Gasteiger partial charge in [-0.15, -0.1) is 0 Å². The van der Waals surface area contributed by atoms with Crippen molar-refractivity contribution in [3.63, 3.8) is 0 Å². The number of hydrogen-bond acceptors (Lipinski definition) is 7. The van der Waals surface area contributed by atoms with E-state index >= 15 is 0 Å². The largest absolute Gasteiger partial charge is 0.507 e. The van der Waals surface area contributed by atoms with Gasteiger partial charge in [-0.3, -0.25) is 9.59 Å². The smallest absolute Gasteiger partial charge is 0.408 e. The number of aryl methyl sites for hydroxylation is 1. The number of phenols is 1. The van der Waals surface area contributed by atoms with Crippen LogP contribution in [-0.2, 0) is 36.7 Å². The maximum atomic E-state index is 14.3. The minimum atomic E-state index is -1.39. The van der Waals surface area contributed by atoms with Gasteiger partial charge >= 0.3 is 12.1 Å². The molecule has 0 radical (unpaired) electrons. The number of benzene rings is 3. The van der Waals surface area contributed by atoms with E-state index < -0.39 is 53.2 Å². The van der Waals surface area contributed by atoms with Gasteiger partial charge in [0.2, 0.25) is 11.8 Å². The summed E-state index contributed by atoms with van der Waals surface area (Å²) in [6, 6.07) is 19.5. The fourth-order valence-corrected chi connectivity index (χ4v) is 4.97. The lowest BCUT2D eigenvalue weighted by atomic mass is 9.98. The van der Waals surface area contributed by atoms with Crippen molar-refractivity contribution in [2.45, 2.75) is 90.6 Å². The zero-order chi connectivity index (χ0) is 34.9. The number of carbonyl (C=O) groups excluding carboxylic acids is 4. The van der Waals surface area contributed by atoms with Crippen molar-refractivity contribution in [2.24, 2.45) is 0 Å². The Balaban J connectivity index is 2.03. The van der Waals surface area contributed by atoms with Crippen LogP contribution in [-0.4, -0.2) is 64.2 Å². The lowest BCUT2D eigenvalue weighted by Gasteiger charge is -2.33. The van der Waals surface area contributed by atoms with Crippen LogP contribution < -0.4 is 10.6 Å². The number of aromatic hydroxyl groups is 1. The molecule has 0 aliphatic rings. The van der Waals surface area contributed by atoms with E-state index in [2.05, 4.69) is 10.6 Å². The van der Waals surface area contributed by atoms with Crippen molar-refractivity contribution in [2.75, 3.05) is 7.05 Å². The lowest BCUT2D eigenvalue weighted by molar-refractivity contribution is -0.159. The quantitative estimate of drug-likeness (QED) is 0.238. The number of amides is 3. The highest BCUT2D eigenvalue weighted by Gasteiger charge is 2.38. The number of nitrogens with zero attached hydrogens (tertiary/aromatic N) is 1. The first kappa shape index (κ1) is 36.6. The number of rotatable bonds is 11. The number of hydrogen-bond donors (Lipinski definition) is 3. The van der Waals surface area contributed by atoms with Gasteiger partial charge in [-0.1, -0.05) is 78.9 Å². The average molecular weight is 646 g/mol. The molecule has 47 heavy (non-hydrogen) atoms. The van der Waals surface area contributed by atoms with Crippen LogP contribution in [0.5, 0.6) is 5.75 Å². The highest BCUT2D eigenvalue weighted by Crippen LogP contribution is 2.32. The molecule has 0 aliphatic heterocycles. The van der Waals surface area contributed by atoms with Crippen LogP contribution in [0.2, 0.25) is 0 Å². The van der Waals surface area contributed by atoms with Crippen molar-refractivity contribution >= 4 is 23.9 Å². The van der Waals surface area contributed by atoms with E-state index in [-0.39, 0.29) is 24.2 Å². The highest BCUT2D eigenvalue weighted by atomic mass is 16.6. The van der Waals surface area contributed by atoms with Gasteiger partial charge in [-0.2, -0.15) is 0 Å². The molecular formula is C37H47N3O7. The minimum Gasteiger partial charge on any atom is -0.507 e.